The van der Waals surface area contributed by atoms with E-state index in [2.05, 4.69) is 15.3 Å². The first kappa shape index (κ1) is 19.3. The number of benzene rings is 2. The molecule has 0 aliphatic carbocycles. The lowest BCUT2D eigenvalue weighted by Gasteiger charge is -2.30. The van der Waals surface area contributed by atoms with Gasteiger partial charge in [-0.25, -0.2) is 0 Å². The third-order valence-corrected chi connectivity index (χ3v) is 5.16. The van der Waals surface area contributed by atoms with Crippen LogP contribution in [0.3, 0.4) is 0 Å². The van der Waals surface area contributed by atoms with E-state index in [1.165, 1.54) is 5.56 Å². The maximum absolute atomic E-state index is 12.5. The SMILES string of the molecule is COc1ccc2c(c1)CN(C(=O)P)c1cc(OC)c(OC)c(OC)c1CC2. The fourth-order valence-corrected chi connectivity index (χ4v) is 3.75. The number of carbonyl (C=O) groups is 1. The Bertz CT molecular complexity index is 868. The first-order valence-electron chi connectivity index (χ1n) is 8.58. The van der Waals surface area contributed by atoms with Crippen LogP contribution in [0.1, 0.15) is 16.7 Å². The first-order valence-corrected chi connectivity index (χ1v) is 9.16. The number of hydrogen-bond acceptors (Lipinski definition) is 5. The number of hydrogen-bond donors (Lipinski definition) is 0. The highest BCUT2D eigenvalue weighted by molar-refractivity contribution is 7.40. The molecule has 0 saturated carbocycles. The molecule has 0 aromatic heterocycles. The fraction of sp³-hybridized carbons (Fsp3) is 0.350. The summed E-state index contributed by atoms with van der Waals surface area (Å²) in [4.78, 5) is 14.2. The molecule has 0 spiro atoms. The van der Waals surface area contributed by atoms with E-state index in [1.807, 2.05) is 18.2 Å². The van der Waals surface area contributed by atoms with Gasteiger partial charge in [0.15, 0.2) is 11.5 Å². The van der Waals surface area contributed by atoms with E-state index in [1.54, 1.807) is 33.3 Å². The largest absolute Gasteiger partial charge is 0.497 e. The molecular formula is C20H24NO5P. The van der Waals surface area contributed by atoms with Crippen molar-refractivity contribution in [2.75, 3.05) is 33.3 Å². The molecule has 144 valence electrons. The summed E-state index contributed by atoms with van der Waals surface area (Å²) in [5.41, 5.74) is 3.78. The Morgan fingerprint density at radius 3 is 2.26 bits per heavy atom. The van der Waals surface area contributed by atoms with Crippen LogP contribution in [0.4, 0.5) is 10.5 Å². The van der Waals surface area contributed by atoms with Gasteiger partial charge in [-0.2, -0.15) is 0 Å². The number of amides is 1. The molecule has 27 heavy (non-hydrogen) atoms. The molecule has 1 unspecified atom stereocenters. The molecule has 0 saturated heterocycles. The summed E-state index contributed by atoms with van der Waals surface area (Å²) >= 11 is 0. The molecule has 0 radical (unpaired) electrons. The van der Waals surface area contributed by atoms with Gasteiger partial charge in [-0.3, -0.25) is 4.79 Å². The molecule has 2 aromatic rings. The van der Waals surface area contributed by atoms with E-state index in [0.29, 0.717) is 30.2 Å². The van der Waals surface area contributed by atoms with Crippen LogP contribution in [-0.4, -0.2) is 34.1 Å². The van der Waals surface area contributed by atoms with Crippen molar-refractivity contribution in [2.24, 2.45) is 0 Å². The van der Waals surface area contributed by atoms with Gasteiger partial charge in [0.1, 0.15) is 5.75 Å². The molecule has 6 nitrogen and oxygen atoms in total. The van der Waals surface area contributed by atoms with Crippen LogP contribution < -0.4 is 23.8 Å². The minimum absolute atomic E-state index is 0.138. The summed E-state index contributed by atoms with van der Waals surface area (Å²) in [6.45, 7) is 0.431. The summed E-state index contributed by atoms with van der Waals surface area (Å²) < 4.78 is 22.0. The van der Waals surface area contributed by atoms with Crippen molar-refractivity contribution < 1.29 is 23.7 Å². The average Bonchev–Trinajstić information content (AvgIpc) is 2.67. The molecule has 0 fully saturated rings. The Hall–Kier alpha value is -2.46. The van der Waals surface area contributed by atoms with Crippen molar-refractivity contribution in [1.82, 2.24) is 0 Å². The van der Waals surface area contributed by atoms with Crippen molar-refractivity contribution in [3.05, 3.63) is 41.0 Å². The van der Waals surface area contributed by atoms with Crippen molar-refractivity contribution >= 4 is 20.6 Å². The second-order valence-corrected chi connectivity index (χ2v) is 6.70. The van der Waals surface area contributed by atoms with Crippen LogP contribution in [0.15, 0.2) is 24.3 Å². The van der Waals surface area contributed by atoms with E-state index >= 15 is 0 Å². The second kappa shape index (κ2) is 8.05. The lowest BCUT2D eigenvalue weighted by atomic mass is 9.94. The van der Waals surface area contributed by atoms with Gasteiger partial charge >= 0.3 is 0 Å². The molecule has 2 aromatic carbocycles. The number of methoxy groups -OCH3 is 4. The highest BCUT2D eigenvalue weighted by atomic mass is 31.0. The second-order valence-electron chi connectivity index (χ2n) is 6.20. The van der Waals surface area contributed by atoms with Crippen LogP contribution in [0.5, 0.6) is 23.0 Å². The van der Waals surface area contributed by atoms with E-state index in [4.69, 9.17) is 18.9 Å². The predicted molar refractivity (Wildman–Crippen MR) is 108 cm³/mol. The third kappa shape index (κ3) is 3.54. The Morgan fingerprint density at radius 2 is 1.67 bits per heavy atom. The van der Waals surface area contributed by atoms with E-state index in [0.717, 1.165) is 29.0 Å². The summed E-state index contributed by atoms with van der Waals surface area (Å²) in [6, 6.07) is 7.82. The molecule has 0 bridgehead atoms. The predicted octanol–water partition coefficient (Wildman–Crippen LogP) is 3.82. The summed E-state index contributed by atoms with van der Waals surface area (Å²) in [5.74, 6) is 2.43. The van der Waals surface area contributed by atoms with Gasteiger partial charge in [-0.1, -0.05) is 6.07 Å². The number of fused-ring (bicyclic) bond motifs is 2. The maximum Gasteiger partial charge on any atom is 0.242 e. The van der Waals surface area contributed by atoms with Crippen molar-refractivity contribution in [3.63, 3.8) is 0 Å². The van der Waals surface area contributed by atoms with Crippen LogP contribution in [0.2, 0.25) is 0 Å². The number of carbonyl (C=O) groups excluding carboxylic acids is 1. The molecule has 1 aliphatic heterocycles. The van der Waals surface area contributed by atoms with E-state index in [9.17, 15) is 4.79 Å². The van der Waals surface area contributed by atoms with Crippen LogP contribution in [0.25, 0.3) is 0 Å². The quantitative estimate of drug-likeness (QED) is 0.744. The lowest BCUT2D eigenvalue weighted by molar-refractivity contribution is 0.264. The highest BCUT2D eigenvalue weighted by Crippen LogP contribution is 2.47. The van der Waals surface area contributed by atoms with Crippen molar-refractivity contribution in [3.8, 4) is 23.0 Å². The molecule has 1 atom stereocenters. The highest BCUT2D eigenvalue weighted by Gasteiger charge is 2.28. The zero-order chi connectivity index (χ0) is 19.6. The van der Waals surface area contributed by atoms with Crippen LogP contribution in [-0.2, 0) is 19.4 Å². The normalized spacial score (nSPS) is 13.0. The van der Waals surface area contributed by atoms with Gasteiger partial charge in [0.25, 0.3) is 0 Å². The van der Waals surface area contributed by atoms with E-state index in [-0.39, 0.29) is 5.65 Å². The third-order valence-electron chi connectivity index (χ3n) is 4.85. The van der Waals surface area contributed by atoms with Gasteiger partial charge in [0, 0.05) is 11.6 Å². The molecule has 1 heterocycles. The molecule has 7 heteroatoms. The minimum Gasteiger partial charge on any atom is -0.497 e. The first-order chi connectivity index (χ1) is 13.0. The number of ether oxygens (including phenoxy) is 4. The molecule has 3 rings (SSSR count). The number of nitrogens with zero attached hydrogens (tertiary/aromatic N) is 1. The summed E-state index contributed by atoms with van der Waals surface area (Å²) in [6.07, 6.45) is 1.52. The molecular weight excluding hydrogens is 365 g/mol. The van der Waals surface area contributed by atoms with Crippen LogP contribution >= 0.6 is 9.24 Å². The minimum atomic E-state index is -0.138. The topological polar surface area (TPSA) is 57.2 Å². The van der Waals surface area contributed by atoms with Crippen molar-refractivity contribution in [2.45, 2.75) is 19.4 Å². The molecule has 0 N–H and O–H groups in total. The Kier molecular flexibility index (Phi) is 5.76. The molecule has 1 aliphatic rings. The summed E-state index contributed by atoms with van der Waals surface area (Å²) in [5, 5.41) is 0. The van der Waals surface area contributed by atoms with Gasteiger partial charge in [-0.15, -0.1) is 0 Å². The maximum atomic E-state index is 12.5. The number of rotatable bonds is 4. The Balaban J connectivity index is 2.21. The Labute approximate surface area is 161 Å². The lowest BCUT2D eigenvalue weighted by Crippen LogP contribution is -2.28. The molecule has 1 amide bonds. The Morgan fingerprint density at radius 1 is 0.926 bits per heavy atom. The van der Waals surface area contributed by atoms with Gasteiger partial charge < -0.3 is 23.8 Å². The number of aryl methyl sites for hydroxylation is 1. The van der Waals surface area contributed by atoms with Gasteiger partial charge in [0.2, 0.25) is 11.4 Å². The standard InChI is InChI=1S/C20H24NO5P/c1-23-14-7-5-12-6-8-15-16(21(20(22)27)11-13(12)9-14)10-17(24-2)19(26-4)18(15)25-3/h5,7,9-10H,6,8,11,27H2,1-4H3. The van der Waals surface area contributed by atoms with E-state index < -0.39 is 0 Å². The van der Waals surface area contributed by atoms with Gasteiger partial charge in [-0.05, 0) is 45.3 Å². The zero-order valence-electron chi connectivity index (χ0n) is 16.0. The number of anilines is 1. The zero-order valence-corrected chi connectivity index (χ0v) is 17.2. The van der Waals surface area contributed by atoms with Crippen LogP contribution in [0, 0.1) is 0 Å². The monoisotopic (exact) mass is 389 g/mol. The fourth-order valence-electron chi connectivity index (χ4n) is 3.52. The summed E-state index contributed by atoms with van der Waals surface area (Å²) in [7, 11) is 8.64. The smallest absolute Gasteiger partial charge is 0.242 e. The van der Waals surface area contributed by atoms with Crippen molar-refractivity contribution in [1.29, 1.82) is 0 Å². The van der Waals surface area contributed by atoms with Gasteiger partial charge in [0.05, 0.1) is 40.7 Å². The average molecular weight is 389 g/mol.